The topological polar surface area (TPSA) is 56.6 Å². The molecule has 0 N–H and O–H groups in total. The Kier molecular flexibility index (Phi) is 7.12. The Morgan fingerprint density at radius 3 is 2.53 bits per heavy atom. The second kappa shape index (κ2) is 10.2. The van der Waals surface area contributed by atoms with Crippen LogP contribution in [0.3, 0.4) is 0 Å². The van der Waals surface area contributed by atoms with Crippen molar-refractivity contribution in [2.45, 2.75) is 70.6 Å². The van der Waals surface area contributed by atoms with Crippen LogP contribution in [0.25, 0.3) is 0 Å². The number of rotatable bonds is 7. The third-order valence-electron chi connectivity index (χ3n) is 6.88. The van der Waals surface area contributed by atoms with Crippen molar-refractivity contribution < 1.29 is 9.53 Å². The van der Waals surface area contributed by atoms with Crippen LogP contribution in [0.2, 0.25) is 0 Å². The molecule has 5 nitrogen and oxygen atoms in total. The van der Waals surface area contributed by atoms with Crippen LogP contribution in [0, 0.1) is 11.3 Å². The minimum Gasteiger partial charge on any atom is -0.474 e. The Balaban J connectivity index is 1.40. The van der Waals surface area contributed by atoms with E-state index in [-0.39, 0.29) is 5.91 Å². The number of fused-ring (bicyclic) bond motifs is 1. The maximum Gasteiger partial charge on any atom is 0.272 e. The number of nitrogens with zero attached hydrogens (tertiary/aromatic N) is 3. The van der Waals surface area contributed by atoms with E-state index in [0.29, 0.717) is 24.2 Å². The number of unbranched alkanes of at least 4 members (excludes halogenated alkanes) is 2. The molecule has 0 saturated carbocycles. The van der Waals surface area contributed by atoms with Crippen LogP contribution in [0.5, 0.6) is 5.75 Å². The van der Waals surface area contributed by atoms with Crippen LogP contribution in [0.4, 0.5) is 5.69 Å². The summed E-state index contributed by atoms with van der Waals surface area (Å²) in [4.78, 5) is 17.9. The van der Waals surface area contributed by atoms with Crippen LogP contribution in [0.1, 0.15) is 69.6 Å². The van der Waals surface area contributed by atoms with Gasteiger partial charge < -0.3 is 9.64 Å². The highest BCUT2D eigenvalue weighted by Gasteiger charge is 2.35. The first-order valence-corrected chi connectivity index (χ1v) is 11.9. The van der Waals surface area contributed by atoms with Crippen molar-refractivity contribution in [3.63, 3.8) is 0 Å². The summed E-state index contributed by atoms with van der Waals surface area (Å²) in [6, 6.07) is 18.4. The highest BCUT2D eigenvalue weighted by molar-refractivity contribution is 6.00. The average Bonchev–Trinajstić information content (AvgIpc) is 2.81. The first-order chi connectivity index (χ1) is 15.6. The standard InChI is InChI=1S/C27H33N3O2/c1-20-10-8-11-21(2)29(20)16-6-3-7-17-30-24-14-4-5-15-25(24)32-26(27(30)31)23-13-9-12-22(18-23)19-28/h4-5,9,12-15,18,20-21,26H,3,6-8,10-11,16-17H2,1-2H3/t20-,21+,26?. The van der Waals surface area contributed by atoms with Crippen molar-refractivity contribution >= 4 is 11.6 Å². The second-order valence-corrected chi connectivity index (χ2v) is 9.12. The SMILES string of the molecule is C[C@@H]1CCC[C@H](C)N1CCCCCN1C(=O)C(c2cccc(C#N)c2)Oc2ccccc21. The number of ether oxygens (including phenoxy) is 1. The van der Waals surface area contributed by atoms with Crippen molar-refractivity contribution in [3.05, 3.63) is 59.7 Å². The summed E-state index contributed by atoms with van der Waals surface area (Å²) >= 11 is 0. The molecule has 1 amide bonds. The van der Waals surface area contributed by atoms with E-state index in [4.69, 9.17) is 4.74 Å². The van der Waals surface area contributed by atoms with Gasteiger partial charge in [-0.2, -0.15) is 5.26 Å². The van der Waals surface area contributed by atoms with Crippen molar-refractivity contribution in [2.24, 2.45) is 0 Å². The maximum absolute atomic E-state index is 13.4. The molecular formula is C27H33N3O2. The monoisotopic (exact) mass is 431 g/mol. The Bertz CT molecular complexity index is 973. The van der Waals surface area contributed by atoms with Crippen LogP contribution in [0.15, 0.2) is 48.5 Å². The van der Waals surface area contributed by atoms with Crippen molar-refractivity contribution in [1.29, 1.82) is 5.26 Å². The number of hydrogen-bond donors (Lipinski definition) is 0. The number of carbonyl (C=O) groups is 1. The molecule has 2 aromatic rings. The van der Waals surface area contributed by atoms with Gasteiger partial charge in [-0.3, -0.25) is 9.69 Å². The fourth-order valence-electron chi connectivity index (χ4n) is 5.09. The molecule has 2 heterocycles. The quantitative estimate of drug-likeness (QED) is 0.547. The fraction of sp³-hybridized carbons (Fsp3) is 0.481. The second-order valence-electron chi connectivity index (χ2n) is 9.12. The van der Waals surface area contributed by atoms with Gasteiger partial charge in [0.2, 0.25) is 6.10 Å². The molecule has 0 radical (unpaired) electrons. The van der Waals surface area contributed by atoms with Crippen molar-refractivity contribution in [1.82, 2.24) is 4.90 Å². The van der Waals surface area contributed by atoms with E-state index in [9.17, 15) is 10.1 Å². The summed E-state index contributed by atoms with van der Waals surface area (Å²) in [6.45, 7) is 6.51. The first kappa shape index (κ1) is 22.4. The van der Waals surface area contributed by atoms with Gasteiger partial charge >= 0.3 is 0 Å². The lowest BCUT2D eigenvalue weighted by Gasteiger charge is -2.39. The minimum atomic E-state index is -0.715. The lowest BCUT2D eigenvalue weighted by molar-refractivity contribution is -0.126. The number of hydrogen-bond acceptors (Lipinski definition) is 4. The van der Waals surface area contributed by atoms with E-state index in [1.54, 1.807) is 18.2 Å². The van der Waals surface area contributed by atoms with Gasteiger partial charge in [-0.05, 0) is 70.3 Å². The molecule has 1 saturated heterocycles. The lowest BCUT2D eigenvalue weighted by Crippen LogP contribution is -2.44. The van der Waals surface area contributed by atoms with Gasteiger partial charge in [0.25, 0.3) is 5.91 Å². The number of anilines is 1. The fourth-order valence-corrected chi connectivity index (χ4v) is 5.09. The zero-order valence-electron chi connectivity index (χ0n) is 19.2. The zero-order chi connectivity index (χ0) is 22.5. The van der Waals surface area contributed by atoms with E-state index >= 15 is 0 Å². The van der Waals surface area contributed by atoms with Crippen LogP contribution in [-0.2, 0) is 4.79 Å². The van der Waals surface area contributed by atoms with Crippen molar-refractivity contribution in [3.8, 4) is 11.8 Å². The molecule has 168 valence electrons. The third-order valence-corrected chi connectivity index (χ3v) is 6.88. The molecule has 0 spiro atoms. The third kappa shape index (κ3) is 4.81. The van der Waals surface area contributed by atoms with Gasteiger partial charge in [-0.15, -0.1) is 0 Å². The Hall–Kier alpha value is -2.84. The van der Waals surface area contributed by atoms with Gasteiger partial charge in [0, 0.05) is 24.2 Å². The predicted octanol–water partition coefficient (Wildman–Crippen LogP) is 5.46. The summed E-state index contributed by atoms with van der Waals surface area (Å²) in [6.07, 6.45) is 6.45. The van der Waals surface area contributed by atoms with E-state index in [0.717, 1.165) is 42.8 Å². The van der Waals surface area contributed by atoms with E-state index in [2.05, 4.69) is 24.8 Å². The number of amides is 1. The first-order valence-electron chi connectivity index (χ1n) is 11.9. The number of nitriles is 1. The molecule has 0 aliphatic carbocycles. The van der Waals surface area contributed by atoms with Crippen LogP contribution in [-0.4, -0.2) is 36.0 Å². The molecule has 4 rings (SSSR count). The molecule has 2 aliphatic heterocycles. The molecule has 0 bridgehead atoms. The summed E-state index contributed by atoms with van der Waals surface area (Å²) in [5.41, 5.74) is 2.09. The highest BCUT2D eigenvalue weighted by atomic mass is 16.5. The minimum absolute atomic E-state index is 0.0583. The number of benzene rings is 2. The van der Waals surface area contributed by atoms with E-state index in [1.165, 1.54) is 19.3 Å². The van der Waals surface area contributed by atoms with Crippen LogP contribution >= 0.6 is 0 Å². The maximum atomic E-state index is 13.4. The molecule has 2 aromatic carbocycles. The molecule has 3 atom stereocenters. The Morgan fingerprint density at radius 2 is 1.75 bits per heavy atom. The summed E-state index contributed by atoms with van der Waals surface area (Å²) in [5.74, 6) is 0.660. The van der Waals surface area contributed by atoms with Gasteiger partial charge in [0.1, 0.15) is 5.75 Å². The molecule has 32 heavy (non-hydrogen) atoms. The Labute approximate surface area is 191 Å². The average molecular weight is 432 g/mol. The van der Waals surface area contributed by atoms with Gasteiger partial charge in [0.05, 0.1) is 17.3 Å². The molecule has 5 heteroatoms. The lowest BCUT2D eigenvalue weighted by atomic mass is 9.97. The number of piperidine rings is 1. The van der Waals surface area contributed by atoms with Gasteiger partial charge in [-0.1, -0.05) is 37.1 Å². The number of likely N-dealkylation sites (tertiary alicyclic amines) is 1. The van der Waals surface area contributed by atoms with Gasteiger partial charge in [0.15, 0.2) is 0 Å². The highest BCUT2D eigenvalue weighted by Crippen LogP contribution is 2.39. The zero-order valence-corrected chi connectivity index (χ0v) is 19.2. The molecule has 2 aliphatic rings. The normalized spacial score (nSPS) is 23.3. The number of carbonyl (C=O) groups excluding carboxylic acids is 1. The largest absolute Gasteiger partial charge is 0.474 e. The summed E-state index contributed by atoms with van der Waals surface area (Å²) in [7, 11) is 0. The van der Waals surface area contributed by atoms with Crippen molar-refractivity contribution in [2.75, 3.05) is 18.0 Å². The summed E-state index contributed by atoms with van der Waals surface area (Å²) in [5, 5.41) is 9.24. The van der Waals surface area contributed by atoms with E-state index in [1.807, 2.05) is 35.2 Å². The number of para-hydroxylation sites is 2. The predicted molar refractivity (Wildman–Crippen MR) is 127 cm³/mol. The smallest absolute Gasteiger partial charge is 0.272 e. The molecule has 1 unspecified atom stereocenters. The van der Waals surface area contributed by atoms with Gasteiger partial charge in [-0.25, -0.2) is 0 Å². The van der Waals surface area contributed by atoms with E-state index < -0.39 is 6.10 Å². The molecule has 1 fully saturated rings. The Morgan fingerprint density at radius 1 is 1.00 bits per heavy atom. The summed E-state index contributed by atoms with van der Waals surface area (Å²) < 4.78 is 6.08. The molecular weight excluding hydrogens is 398 g/mol. The molecule has 0 aromatic heterocycles. The van der Waals surface area contributed by atoms with Crippen LogP contribution < -0.4 is 9.64 Å².